The lowest BCUT2D eigenvalue weighted by Gasteiger charge is -2.35. The minimum absolute atomic E-state index is 0.0166. The second-order valence-electron chi connectivity index (χ2n) is 17.8. The number of ether oxygens (including phenoxy) is 6. The van der Waals surface area contributed by atoms with Gasteiger partial charge in [0.1, 0.15) is 18.7 Å². The van der Waals surface area contributed by atoms with Gasteiger partial charge < -0.3 is 65.0 Å². The molecule has 0 bridgehead atoms. The number of aromatic nitrogens is 1. The van der Waals surface area contributed by atoms with Gasteiger partial charge in [0.25, 0.3) is 0 Å². The van der Waals surface area contributed by atoms with E-state index in [1.807, 2.05) is 69.2 Å². The fourth-order valence-corrected chi connectivity index (χ4v) is 10.2. The molecule has 2 aromatic rings. The number of amides is 6. The maximum atomic E-state index is 13.9. The van der Waals surface area contributed by atoms with Crippen molar-refractivity contribution in [3.05, 3.63) is 41.0 Å². The van der Waals surface area contributed by atoms with E-state index in [1.54, 1.807) is 11.3 Å². The van der Waals surface area contributed by atoms with Crippen LogP contribution in [0.4, 0.5) is 4.79 Å². The van der Waals surface area contributed by atoms with E-state index >= 15 is 0 Å². The highest BCUT2D eigenvalue weighted by Gasteiger charge is 2.45. The van der Waals surface area contributed by atoms with Gasteiger partial charge in [-0.1, -0.05) is 51.5 Å². The van der Waals surface area contributed by atoms with E-state index in [4.69, 9.17) is 28.4 Å². The van der Waals surface area contributed by atoms with Crippen LogP contribution in [-0.2, 0) is 54.1 Å². The molecule has 19 nitrogen and oxygen atoms in total. The number of thioether (sulfide) groups is 1. The number of nitrogens with zero attached hydrogens (tertiary/aromatic N) is 2. The molecule has 67 heavy (non-hydrogen) atoms. The third kappa shape index (κ3) is 18.5. The summed E-state index contributed by atoms with van der Waals surface area (Å²) in [6.07, 6.45) is 2.48. The Morgan fingerprint density at radius 3 is 2.09 bits per heavy atom. The van der Waals surface area contributed by atoms with E-state index in [1.165, 1.54) is 4.90 Å². The molecule has 374 valence electrons. The zero-order valence-electron chi connectivity index (χ0n) is 39.3. The van der Waals surface area contributed by atoms with Gasteiger partial charge >= 0.3 is 6.03 Å². The Morgan fingerprint density at radius 2 is 1.48 bits per heavy atom. The molecule has 1 aromatic heterocycles. The number of thiazole rings is 1. The molecule has 0 radical (unpaired) electrons. The highest BCUT2D eigenvalue weighted by atomic mass is 32.2. The van der Waals surface area contributed by atoms with Crippen LogP contribution in [0.15, 0.2) is 29.8 Å². The van der Waals surface area contributed by atoms with E-state index in [0.717, 1.165) is 46.7 Å². The summed E-state index contributed by atoms with van der Waals surface area (Å²) in [5, 5.41) is 25.5. The molecule has 21 heteroatoms. The second-order valence-corrected chi connectivity index (χ2v) is 19.9. The molecule has 3 aliphatic heterocycles. The van der Waals surface area contributed by atoms with E-state index in [2.05, 4.69) is 31.6 Å². The first-order chi connectivity index (χ1) is 32.3. The lowest BCUT2D eigenvalue weighted by molar-refractivity contribution is -0.144. The van der Waals surface area contributed by atoms with Crippen LogP contribution in [0, 0.1) is 12.3 Å². The molecule has 6 amide bonds. The molecule has 1 aromatic carbocycles. The van der Waals surface area contributed by atoms with Crippen LogP contribution in [0.1, 0.15) is 64.1 Å². The van der Waals surface area contributed by atoms with Crippen molar-refractivity contribution in [3.63, 3.8) is 0 Å². The van der Waals surface area contributed by atoms with Crippen LogP contribution in [0.2, 0.25) is 0 Å². The summed E-state index contributed by atoms with van der Waals surface area (Å²) >= 11 is 3.46. The van der Waals surface area contributed by atoms with Crippen molar-refractivity contribution in [2.24, 2.45) is 5.41 Å². The quantitative estimate of drug-likeness (QED) is 0.0470. The molecule has 0 unspecified atom stereocenters. The highest BCUT2D eigenvalue weighted by molar-refractivity contribution is 8.00. The van der Waals surface area contributed by atoms with Gasteiger partial charge in [0.05, 0.1) is 107 Å². The second kappa shape index (κ2) is 28.5. The maximum absolute atomic E-state index is 13.9. The number of aliphatic hydroxyl groups is 1. The molecule has 0 saturated carbocycles. The number of aryl methyl sites for hydroxylation is 1. The first-order valence-electron chi connectivity index (χ1n) is 23.3. The molecule has 3 saturated heterocycles. The lowest BCUT2D eigenvalue weighted by Crippen LogP contribution is -2.58. The zero-order chi connectivity index (χ0) is 48.0. The summed E-state index contributed by atoms with van der Waals surface area (Å²) in [6, 6.07) is 6.36. The fraction of sp³-hybridized carbons (Fsp3) is 0.696. The van der Waals surface area contributed by atoms with Gasteiger partial charge in [0.15, 0.2) is 0 Å². The van der Waals surface area contributed by atoms with Crippen LogP contribution in [-0.4, -0.2) is 178 Å². The molecule has 0 spiro atoms. The number of benzene rings is 1. The predicted octanol–water partition coefficient (Wildman–Crippen LogP) is 2.17. The van der Waals surface area contributed by atoms with Gasteiger partial charge in [-0.25, -0.2) is 9.78 Å². The van der Waals surface area contributed by atoms with Crippen LogP contribution in [0.5, 0.6) is 0 Å². The minimum Gasteiger partial charge on any atom is -0.391 e. The Kier molecular flexibility index (Phi) is 23.0. The summed E-state index contributed by atoms with van der Waals surface area (Å²) in [5.74, 6) is -0.341. The Bertz CT molecular complexity index is 1850. The number of β-amino-alcohol motifs (C(OH)–C–C–N with tert-alkyl or cyclic N) is 1. The van der Waals surface area contributed by atoms with Crippen molar-refractivity contribution in [1.29, 1.82) is 0 Å². The number of urea groups is 1. The van der Waals surface area contributed by atoms with Gasteiger partial charge in [0.2, 0.25) is 23.6 Å². The number of carbonyl (C=O) groups is 5. The molecule has 4 heterocycles. The number of likely N-dealkylation sites (tertiary alicyclic amines) is 1. The zero-order valence-corrected chi connectivity index (χ0v) is 41.0. The first kappa shape index (κ1) is 54.0. The van der Waals surface area contributed by atoms with E-state index < -0.39 is 35.4 Å². The van der Waals surface area contributed by atoms with Crippen molar-refractivity contribution < 1.29 is 57.5 Å². The number of nitrogens with one attached hydrogen (secondary N) is 5. The molecule has 0 aliphatic carbocycles. The summed E-state index contributed by atoms with van der Waals surface area (Å²) in [5.41, 5.74) is 4.02. The van der Waals surface area contributed by atoms with Gasteiger partial charge in [-0.15, -0.1) is 11.3 Å². The number of unbranched alkanes of at least 4 members (excludes halogenated alkanes) is 1. The molecule has 3 aliphatic rings. The third-order valence-corrected chi connectivity index (χ3v) is 13.9. The van der Waals surface area contributed by atoms with Gasteiger partial charge in [-0.2, -0.15) is 11.8 Å². The van der Waals surface area contributed by atoms with Crippen LogP contribution < -0.4 is 26.6 Å². The Balaban J connectivity index is 0.807. The monoisotopic (exact) mass is 977 g/mol. The Morgan fingerprint density at radius 1 is 0.851 bits per heavy atom. The van der Waals surface area contributed by atoms with Crippen molar-refractivity contribution in [2.75, 3.05) is 98.1 Å². The number of carbonyl (C=O) groups excluding carboxylic acids is 5. The molecule has 6 atom stereocenters. The molecule has 6 N–H and O–H groups in total. The third-order valence-electron chi connectivity index (χ3n) is 11.5. The number of hydrogen-bond donors (Lipinski definition) is 6. The van der Waals surface area contributed by atoms with Gasteiger partial charge in [-0.05, 0) is 36.3 Å². The average Bonchev–Trinajstić information content (AvgIpc) is 4.09. The fourth-order valence-electron chi connectivity index (χ4n) is 7.87. The van der Waals surface area contributed by atoms with E-state index in [0.29, 0.717) is 77.7 Å². The van der Waals surface area contributed by atoms with E-state index in [-0.39, 0.29) is 69.3 Å². The maximum Gasteiger partial charge on any atom is 0.315 e. The van der Waals surface area contributed by atoms with Crippen molar-refractivity contribution in [1.82, 2.24) is 36.5 Å². The Hall–Kier alpha value is -3.93. The summed E-state index contributed by atoms with van der Waals surface area (Å²) in [4.78, 5) is 70.5. The smallest absolute Gasteiger partial charge is 0.315 e. The van der Waals surface area contributed by atoms with Gasteiger partial charge in [-0.3, -0.25) is 19.2 Å². The molecule has 3 fully saturated rings. The number of fused-ring (bicyclic) bond motifs is 1. The van der Waals surface area contributed by atoms with Crippen molar-refractivity contribution in [3.8, 4) is 10.4 Å². The summed E-state index contributed by atoms with van der Waals surface area (Å²) < 4.78 is 33.1. The standard InChI is InChI=1S/C46H71N7O12S2/c1-31-41(67-30-49-31)33-11-9-32(10-12-33)26-48-43(57)36-25-34(54)27-53(36)44(58)42(46(2,3)4)51-39(56)28-65-24-23-64-22-21-63-20-19-62-18-17-61-16-15-60-14-13-47-38(55)8-6-5-7-37-40-35(29-66-37)50-45(59)52-40/h9-12,30,34-37,40,42,54H,5-8,13-29H2,1-4H3,(H,47,55)(H,48,57)(H,51,56)(H2,50,52,59)/t34-,35+,36+,37+,40+,42-/m1/s1. The topological polar surface area (TPSA) is 237 Å². The summed E-state index contributed by atoms with van der Waals surface area (Å²) in [7, 11) is 0. The number of hydrogen-bond acceptors (Lipinski definition) is 15. The summed E-state index contributed by atoms with van der Waals surface area (Å²) in [6.45, 7) is 11.8. The first-order valence-corrected chi connectivity index (χ1v) is 25.2. The SMILES string of the molecule is Cc1ncsc1-c1ccc(CNC(=O)[C@@H]2C[C@@H](O)CN2C(=O)[C@@H](NC(=O)COCCOCCOCCOCCOCCOCCNC(=O)CCCC[C@@H]2SC[C@@H]3NC(=O)N[C@@H]32)C(C)(C)C)cc1. The molecule has 5 rings (SSSR count). The highest BCUT2D eigenvalue weighted by Crippen LogP contribution is 2.33. The lowest BCUT2D eigenvalue weighted by atomic mass is 9.85. The number of rotatable bonds is 31. The molecular weight excluding hydrogens is 907 g/mol. The van der Waals surface area contributed by atoms with Crippen LogP contribution in [0.3, 0.4) is 0 Å². The Labute approximate surface area is 402 Å². The largest absolute Gasteiger partial charge is 0.391 e. The normalized spacial score (nSPS) is 20.6. The van der Waals surface area contributed by atoms with Crippen molar-refractivity contribution in [2.45, 2.75) is 102 Å². The van der Waals surface area contributed by atoms with E-state index in [9.17, 15) is 29.1 Å². The van der Waals surface area contributed by atoms with Gasteiger partial charge in [0, 0.05) is 43.5 Å². The number of aliphatic hydroxyl groups excluding tert-OH is 1. The predicted molar refractivity (Wildman–Crippen MR) is 254 cm³/mol. The van der Waals surface area contributed by atoms with Crippen molar-refractivity contribution >= 4 is 52.8 Å². The van der Waals surface area contributed by atoms with Crippen LogP contribution >= 0.6 is 23.1 Å². The molecular formula is C46H71N7O12S2. The average molecular weight is 978 g/mol. The van der Waals surface area contributed by atoms with Crippen LogP contribution in [0.25, 0.3) is 10.4 Å². The minimum atomic E-state index is -0.963.